The topological polar surface area (TPSA) is 42.2 Å². The Hall–Kier alpha value is -1.93. The van der Waals surface area contributed by atoms with Gasteiger partial charge in [0.05, 0.1) is 11.6 Å². The van der Waals surface area contributed by atoms with Crippen LogP contribution in [0.5, 0.6) is 11.5 Å². The Bertz CT molecular complexity index is 976. The molecule has 0 unspecified atom stereocenters. The van der Waals surface area contributed by atoms with Crippen molar-refractivity contribution in [3.8, 4) is 28.7 Å². The summed E-state index contributed by atoms with van der Waals surface area (Å²) in [5, 5.41) is 8.96. The normalized spacial score (nSPS) is 9.22. The minimum atomic E-state index is 0. The van der Waals surface area contributed by atoms with Gasteiger partial charge in [0.1, 0.15) is 24.7 Å². The predicted octanol–water partition coefficient (Wildman–Crippen LogP) is 8.02. The molecule has 32 heavy (non-hydrogen) atoms. The first-order chi connectivity index (χ1) is 14.7. The van der Waals surface area contributed by atoms with Crippen molar-refractivity contribution in [2.24, 2.45) is 0 Å². The summed E-state index contributed by atoms with van der Waals surface area (Å²) < 4.78 is 11.8. The average molecular weight is 665 g/mol. The van der Waals surface area contributed by atoms with Crippen LogP contribution in [0.25, 0.3) is 11.1 Å². The van der Waals surface area contributed by atoms with Crippen molar-refractivity contribution in [2.75, 3.05) is 13.2 Å². The van der Waals surface area contributed by atoms with Gasteiger partial charge in [0.2, 0.25) is 0 Å². The Morgan fingerprint density at radius 1 is 0.844 bits per heavy atom. The number of halogens is 4. The Balaban J connectivity index is 0.00000234. The van der Waals surface area contributed by atoms with E-state index in [1.807, 2.05) is 48.5 Å². The number of ether oxygens (including phenoxy) is 2. The third-order valence-corrected chi connectivity index (χ3v) is 4.53. The molecule has 0 heterocycles. The molecule has 3 aromatic rings. The van der Waals surface area contributed by atoms with Crippen LogP contribution in [0.3, 0.4) is 0 Å². The second kappa shape index (κ2) is 16.7. The molecule has 3 aromatic carbocycles. The quantitative estimate of drug-likeness (QED) is 0.181. The Kier molecular flexibility index (Phi) is 15.7. The van der Waals surface area contributed by atoms with Gasteiger partial charge < -0.3 is 9.47 Å². The van der Waals surface area contributed by atoms with E-state index in [1.54, 1.807) is 0 Å². The molecule has 0 spiro atoms. The highest BCUT2D eigenvalue weighted by atomic mass is 128. The van der Waals surface area contributed by atoms with Crippen LogP contribution in [0.4, 0.5) is 9.41 Å². The van der Waals surface area contributed by atoms with E-state index in [0.29, 0.717) is 18.8 Å². The van der Waals surface area contributed by atoms with E-state index in [4.69, 9.17) is 14.7 Å². The highest BCUT2D eigenvalue weighted by Gasteiger charge is 2.07. The summed E-state index contributed by atoms with van der Waals surface area (Å²) in [4.78, 5) is 0. The highest BCUT2D eigenvalue weighted by Crippen LogP contribution is 2.28. The zero-order chi connectivity index (χ0) is 21.8. The summed E-state index contributed by atoms with van der Waals surface area (Å²) in [6.45, 7) is 5.22. The largest absolute Gasteiger partial charge is 0.490 e. The molecule has 0 fully saturated rings. The zero-order valence-corrected chi connectivity index (χ0v) is 22.3. The minimum absolute atomic E-state index is 0. The fraction of sp³-hybridized carbons (Fsp3) is 0.240. The van der Waals surface area contributed by atoms with E-state index < -0.39 is 0 Å². The van der Waals surface area contributed by atoms with E-state index in [2.05, 4.69) is 75.3 Å². The summed E-state index contributed by atoms with van der Waals surface area (Å²) in [6.07, 6.45) is 2.01. The third-order valence-electron chi connectivity index (χ3n) is 4.53. The van der Waals surface area contributed by atoms with Crippen molar-refractivity contribution in [1.29, 1.82) is 5.26 Å². The number of hydrogen-bond donors (Lipinski definition) is 0. The molecule has 0 atom stereocenters. The number of nitriles is 1. The Labute approximate surface area is 212 Å². The van der Waals surface area contributed by atoms with Gasteiger partial charge in [0.25, 0.3) is 0 Å². The molecule has 0 saturated heterocycles. The van der Waals surface area contributed by atoms with Crippen LogP contribution in [0.2, 0.25) is 0 Å². The molecule has 0 aliphatic rings. The maximum atomic E-state index is 8.96. The van der Waals surface area contributed by atoms with Crippen molar-refractivity contribution in [2.45, 2.75) is 26.7 Å². The summed E-state index contributed by atoms with van der Waals surface area (Å²) in [7, 11) is 0. The lowest BCUT2D eigenvalue weighted by Crippen LogP contribution is -2.10. The lowest BCUT2D eigenvalue weighted by molar-refractivity contribution is 0.216. The van der Waals surface area contributed by atoms with Crippen molar-refractivity contribution < 1.29 is 18.9 Å². The molecular formula is C25H27F2I2NO2. The number of aryl methyl sites for hydroxylation is 2. The van der Waals surface area contributed by atoms with Crippen LogP contribution in [0, 0.1) is 18.3 Å². The zero-order valence-electron chi connectivity index (χ0n) is 18.0. The van der Waals surface area contributed by atoms with Crippen molar-refractivity contribution in [3.05, 3.63) is 83.4 Å². The smallest absolute Gasteiger partial charge is 0.122 e. The van der Waals surface area contributed by atoms with Gasteiger partial charge in [0, 0.05) is 37.2 Å². The van der Waals surface area contributed by atoms with Crippen LogP contribution in [-0.4, -0.2) is 13.2 Å². The number of nitrogens with zero attached hydrogens (tertiary/aromatic N) is 1. The second-order valence-electron chi connectivity index (χ2n) is 6.78. The maximum Gasteiger partial charge on any atom is 0.122 e. The third kappa shape index (κ3) is 9.28. The van der Waals surface area contributed by atoms with E-state index in [9.17, 15) is 0 Å². The molecule has 0 N–H and O–H groups in total. The van der Waals surface area contributed by atoms with E-state index in [0.717, 1.165) is 35.5 Å². The van der Waals surface area contributed by atoms with Crippen molar-refractivity contribution in [1.82, 2.24) is 0 Å². The Morgan fingerprint density at radius 2 is 1.50 bits per heavy atom. The lowest BCUT2D eigenvalue weighted by Gasteiger charge is -2.14. The van der Waals surface area contributed by atoms with Crippen LogP contribution >= 0.6 is 37.2 Å². The maximum absolute atomic E-state index is 8.96. The summed E-state index contributed by atoms with van der Waals surface area (Å²) in [6, 6.07) is 24.1. The lowest BCUT2D eigenvalue weighted by atomic mass is 9.99. The SMILES string of the molecule is CCCc1cc(-c2ccc(C#N)cc2)ccc1OCCOc1cccc(C)c1.F.F.II. The molecule has 0 aromatic heterocycles. The van der Waals surface area contributed by atoms with Gasteiger partial charge in [-0.25, -0.2) is 0 Å². The van der Waals surface area contributed by atoms with Crippen LogP contribution < -0.4 is 9.47 Å². The molecule has 0 aliphatic carbocycles. The molecule has 3 nitrogen and oxygen atoms in total. The minimum Gasteiger partial charge on any atom is -0.490 e. The molecule has 7 heteroatoms. The van der Waals surface area contributed by atoms with Gasteiger partial charge in [-0.1, -0.05) is 43.7 Å². The van der Waals surface area contributed by atoms with Crippen molar-refractivity contribution in [3.63, 3.8) is 0 Å². The molecule has 0 bridgehead atoms. The molecule has 0 radical (unpaired) electrons. The molecular weight excluding hydrogens is 638 g/mol. The fourth-order valence-corrected chi connectivity index (χ4v) is 3.12. The van der Waals surface area contributed by atoms with Crippen molar-refractivity contribution >= 4 is 37.2 Å². The molecule has 0 amide bonds. The predicted molar refractivity (Wildman–Crippen MR) is 146 cm³/mol. The molecule has 0 aliphatic heterocycles. The summed E-state index contributed by atoms with van der Waals surface area (Å²) in [5.74, 6) is 1.78. The van der Waals surface area contributed by atoms with Gasteiger partial charge in [-0.3, -0.25) is 9.41 Å². The van der Waals surface area contributed by atoms with Gasteiger partial charge >= 0.3 is 0 Å². The summed E-state index contributed by atoms with van der Waals surface area (Å²) >= 11 is 4.24. The highest BCUT2D eigenvalue weighted by molar-refractivity contribution is 15.0. The Morgan fingerprint density at radius 3 is 2.12 bits per heavy atom. The van der Waals surface area contributed by atoms with Gasteiger partial charge in [-0.2, -0.15) is 5.26 Å². The first-order valence-electron chi connectivity index (χ1n) is 9.79. The monoisotopic (exact) mass is 665 g/mol. The van der Waals surface area contributed by atoms with Crippen LogP contribution in [0.1, 0.15) is 30.0 Å². The average Bonchev–Trinajstić information content (AvgIpc) is 2.79. The molecule has 3 rings (SSSR count). The fourth-order valence-electron chi connectivity index (χ4n) is 3.12. The van der Waals surface area contributed by atoms with Gasteiger partial charge in [-0.15, -0.1) is 0 Å². The molecule has 0 saturated carbocycles. The van der Waals surface area contributed by atoms with E-state index in [-0.39, 0.29) is 9.41 Å². The van der Waals surface area contributed by atoms with E-state index >= 15 is 0 Å². The first-order valence-corrected chi connectivity index (χ1v) is 16.1. The van der Waals surface area contributed by atoms with Crippen LogP contribution in [-0.2, 0) is 6.42 Å². The number of hydrogen-bond acceptors (Lipinski definition) is 3. The van der Waals surface area contributed by atoms with Gasteiger partial charge in [-0.05, 0) is 72.0 Å². The van der Waals surface area contributed by atoms with E-state index in [1.165, 1.54) is 11.1 Å². The van der Waals surface area contributed by atoms with Crippen LogP contribution in [0.15, 0.2) is 66.7 Å². The number of rotatable bonds is 8. The van der Waals surface area contributed by atoms with Gasteiger partial charge in [0.15, 0.2) is 0 Å². The molecule has 172 valence electrons. The standard InChI is InChI=1S/C25H25NO2.2FH.I2/c1-3-5-23-17-22(21-10-8-20(18-26)9-11-21)12-13-25(23)28-15-14-27-24-7-4-6-19(2)16-24;;;1-2/h4,6-13,16-17H,3,5,14-15H2,1-2H3;2*1H;. The first kappa shape index (κ1) is 30.1. The number of benzene rings is 3. The second-order valence-corrected chi connectivity index (χ2v) is 6.78. The summed E-state index contributed by atoms with van der Waals surface area (Å²) in [5.41, 5.74) is 5.29.